The van der Waals surface area contributed by atoms with Gasteiger partial charge in [-0.2, -0.15) is 0 Å². The van der Waals surface area contributed by atoms with Crippen molar-refractivity contribution in [3.8, 4) is 11.1 Å². The second kappa shape index (κ2) is 6.35. The van der Waals surface area contributed by atoms with Crippen molar-refractivity contribution in [3.63, 3.8) is 0 Å². The summed E-state index contributed by atoms with van der Waals surface area (Å²) in [6.07, 6.45) is 0.314. The molecule has 2 aromatic carbocycles. The van der Waals surface area contributed by atoms with Crippen molar-refractivity contribution in [1.82, 2.24) is 0 Å². The van der Waals surface area contributed by atoms with Gasteiger partial charge in [-0.05, 0) is 51.3 Å². The minimum Gasteiger partial charge on any atom is -0.325 e. The van der Waals surface area contributed by atoms with Crippen LogP contribution in [0.15, 0.2) is 52.3 Å². The fourth-order valence-corrected chi connectivity index (χ4v) is 4.62. The third kappa shape index (κ3) is 3.00. The maximum atomic E-state index is 13.5. The van der Waals surface area contributed by atoms with Crippen LogP contribution >= 0.6 is 27.3 Å². The first-order valence-corrected chi connectivity index (χ1v) is 9.32. The van der Waals surface area contributed by atoms with Gasteiger partial charge < -0.3 is 5.32 Å². The van der Waals surface area contributed by atoms with Gasteiger partial charge in [-0.25, -0.2) is 8.78 Å². The van der Waals surface area contributed by atoms with Gasteiger partial charge in [0.05, 0.1) is 10.2 Å². The lowest BCUT2D eigenvalue weighted by molar-refractivity contribution is -0.116. The third-order valence-electron chi connectivity index (χ3n) is 4.29. The standard InChI is InChI=1S/C19H12BrF2NOS/c20-15-7-11(3-6-16(15)22)13-8-17(24)23-18-14(9-25-19(13)18)10-1-4-12(21)5-2-10/h1-7,9,13H,8H2,(H,23,24). The van der Waals surface area contributed by atoms with Gasteiger partial charge in [0.15, 0.2) is 0 Å². The summed E-state index contributed by atoms with van der Waals surface area (Å²) in [5.74, 6) is -0.840. The van der Waals surface area contributed by atoms with Crippen LogP contribution in [0.4, 0.5) is 14.5 Å². The summed E-state index contributed by atoms with van der Waals surface area (Å²) in [6.45, 7) is 0. The maximum Gasteiger partial charge on any atom is 0.225 e. The minimum atomic E-state index is -0.331. The van der Waals surface area contributed by atoms with E-state index in [-0.39, 0.29) is 23.5 Å². The molecular weight excluding hydrogens is 408 g/mol. The lowest BCUT2D eigenvalue weighted by atomic mass is 9.89. The first kappa shape index (κ1) is 16.4. The number of nitrogens with one attached hydrogen (secondary N) is 1. The van der Waals surface area contributed by atoms with Crippen LogP contribution in [0.5, 0.6) is 0 Å². The molecule has 0 fully saturated rings. The predicted octanol–water partition coefficient (Wildman–Crippen LogP) is 5.93. The van der Waals surface area contributed by atoms with E-state index >= 15 is 0 Å². The third-order valence-corrected chi connectivity index (χ3v) is 5.99. The van der Waals surface area contributed by atoms with E-state index in [1.54, 1.807) is 35.6 Å². The Hall–Kier alpha value is -2.05. The minimum absolute atomic E-state index is 0.0836. The van der Waals surface area contributed by atoms with E-state index in [1.165, 1.54) is 18.2 Å². The Labute approximate surface area is 155 Å². The van der Waals surface area contributed by atoms with Crippen molar-refractivity contribution in [3.05, 3.63) is 74.4 Å². The van der Waals surface area contributed by atoms with Gasteiger partial charge >= 0.3 is 0 Å². The zero-order valence-electron chi connectivity index (χ0n) is 12.9. The highest BCUT2D eigenvalue weighted by molar-refractivity contribution is 9.10. The highest BCUT2D eigenvalue weighted by atomic mass is 79.9. The Morgan fingerprint density at radius 3 is 2.60 bits per heavy atom. The second-order valence-corrected chi connectivity index (χ2v) is 7.64. The molecule has 2 heterocycles. The molecule has 1 amide bonds. The summed E-state index contributed by atoms with van der Waals surface area (Å²) in [5, 5.41) is 4.91. The van der Waals surface area contributed by atoms with E-state index in [4.69, 9.17) is 0 Å². The molecule has 1 N–H and O–H groups in total. The van der Waals surface area contributed by atoms with Crippen molar-refractivity contribution in [2.75, 3.05) is 5.32 Å². The van der Waals surface area contributed by atoms with Crippen LogP contribution in [0, 0.1) is 11.6 Å². The largest absolute Gasteiger partial charge is 0.325 e. The highest BCUT2D eigenvalue weighted by Crippen LogP contribution is 2.46. The summed E-state index contributed by atoms with van der Waals surface area (Å²) in [5.41, 5.74) is 3.37. The average molecular weight is 420 g/mol. The van der Waals surface area contributed by atoms with E-state index < -0.39 is 0 Å². The van der Waals surface area contributed by atoms with Crippen LogP contribution in [0.25, 0.3) is 11.1 Å². The van der Waals surface area contributed by atoms with E-state index in [1.807, 2.05) is 5.38 Å². The van der Waals surface area contributed by atoms with Gasteiger partial charge in [0, 0.05) is 28.2 Å². The number of hydrogen-bond donors (Lipinski definition) is 1. The average Bonchev–Trinajstić information content (AvgIpc) is 3.01. The van der Waals surface area contributed by atoms with E-state index in [0.717, 1.165) is 27.3 Å². The Morgan fingerprint density at radius 1 is 1.12 bits per heavy atom. The van der Waals surface area contributed by atoms with Crippen molar-refractivity contribution in [2.24, 2.45) is 0 Å². The maximum absolute atomic E-state index is 13.5. The van der Waals surface area contributed by atoms with Gasteiger partial charge in [0.1, 0.15) is 11.6 Å². The summed E-state index contributed by atoms with van der Waals surface area (Å²) < 4.78 is 27.1. The summed E-state index contributed by atoms with van der Waals surface area (Å²) in [4.78, 5) is 13.3. The molecular formula is C19H12BrF2NOS. The lowest BCUT2D eigenvalue weighted by Crippen LogP contribution is -2.22. The van der Waals surface area contributed by atoms with Gasteiger partial charge in [0.2, 0.25) is 5.91 Å². The summed E-state index contributed by atoms with van der Waals surface area (Å²) in [6, 6.07) is 11.0. The molecule has 1 aliphatic rings. The number of carbonyl (C=O) groups is 1. The molecule has 6 heteroatoms. The van der Waals surface area contributed by atoms with Gasteiger partial charge in [-0.15, -0.1) is 11.3 Å². The van der Waals surface area contributed by atoms with Crippen LogP contribution in [-0.2, 0) is 4.79 Å². The first-order valence-electron chi connectivity index (χ1n) is 7.65. The molecule has 0 aliphatic carbocycles. The molecule has 1 aromatic heterocycles. The fourth-order valence-electron chi connectivity index (χ4n) is 3.07. The van der Waals surface area contributed by atoms with Gasteiger partial charge in [-0.3, -0.25) is 4.79 Å². The van der Waals surface area contributed by atoms with Gasteiger partial charge in [-0.1, -0.05) is 18.2 Å². The molecule has 0 bridgehead atoms. The number of benzene rings is 2. The molecule has 0 saturated carbocycles. The first-order chi connectivity index (χ1) is 12.0. The molecule has 2 nitrogen and oxygen atoms in total. The molecule has 1 aliphatic heterocycles. The normalized spacial score (nSPS) is 16.4. The van der Waals surface area contributed by atoms with E-state index in [2.05, 4.69) is 21.2 Å². The number of hydrogen-bond acceptors (Lipinski definition) is 2. The number of rotatable bonds is 2. The van der Waals surface area contributed by atoms with Crippen LogP contribution in [-0.4, -0.2) is 5.91 Å². The zero-order chi connectivity index (χ0) is 17.6. The van der Waals surface area contributed by atoms with Crippen molar-refractivity contribution < 1.29 is 13.6 Å². The molecule has 0 saturated heterocycles. The van der Waals surface area contributed by atoms with Crippen LogP contribution in [0.2, 0.25) is 0 Å². The molecule has 0 spiro atoms. The predicted molar refractivity (Wildman–Crippen MR) is 98.9 cm³/mol. The number of halogens is 3. The highest BCUT2D eigenvalue weighted by Gasteiger charge is 2.30. The monoisotopic (exact) mass is 419 g/mol. The lowest BCUT2D eigenvalue weighted by Gasteiger charge is -2.24. The van der Waals surface area contributed by atoms with Crippen molar-refractivity contribution in [2.45, 2.75) is 12.3 Å². The number of amides is 1. The summed E-state index contributed by atoms with van der Waals surface area (Å²) >= 11 is 4.76. The molecule has 3 aromatic rings. The second-order valence-electron chi connectivity index (χ2n) is 5.87. The number of anilines is 1. The van der Waals surface area contributed by atoms with Crippen LogP contribution < -0.4 is 5.32 Å². The fraction of sp³-hybridized carbons (Fsp3) is 0.105. The molecule has 1 atom stereocenters. The van der Waals surface area contributed by atoms with Crippen molar-refractivity contribution in [1.29, 1.82) is 0 Å². The summed E-state index contributed by atoms with van der Waals surface area (Å²) in [7, 11) is 0. The molecule has 25 heavy (non-hydrogen) atoms. The van der Waals surface area contributed by atoms with Crippen LogP contribution in [0.1, 0.15) is 22.8 Å². The van der Waals surface area contributed by atoms with Gasteiger partial charge in [0.25, 0.3) is 0 Å². The van der Waals surface area contributed by atoms with Crippen LogP contribution in [0.3, 0.4) is 0 Å². The Balaban J connectivity index is 1.81. The quantitative estimate of drug-likeness (QED) is 0.547. The van der Waals surface area contributed by atoms with E-state index in [0.29, 0.717) is 10.9 Å². The van der Waals surface area contributed by atoms with E-state index in [9.17, 15) is 13.6 Å². The molecule has 1 unspecified atom stereocenters. The van der Waals surface area contributed by atoms with Crippen molar-refractivity contribution >= 4 is 38.9 Å². The number of fused-ring (bicyclic) bond motifs is 1. The number of carbonyl (C=O) groups excluding carboxylic acids is 1. The molecule has 0 radical (unpaired) electrons. The topological polar surface area (TPSA) is 29.1 Å². The smallest absolute Gasteiger partial charge is 0.225 e. The molecule has 4 rings (SSSR count). The molecule has 126 valence electrons. The zero-order valence-corrected chi connectivity index (χ0v) is 15.3. The number of thiophene rings is 1. The Kier molecular flexibility index (Phi) is 4.17. The Morgan fingerprint density at radius 2 is 1.88 bits per heavy atom. The Bertz CT molecular complexity index is 968. The SMILES string of the molecule is O=C1CC(c2ccc(F)c(Br)c2)c2scc(-c3ccc(F)cc3)c2N1.